The van der Waals surface area contributed by atoms with Crippen LogP contribution < -0.4 is 5.32 Å². The number of nitrogens with zero attached hydrogens (tertiary/aromatic N) is 1. The Bertz CT molecular complexity index is 381. The van der Waals surface area contributed by atoms with Crippen molar-refractivity contribution in [2.45, 2.75) is 45.6 Å². The van der Waals surface area contributed by atoms with Gasteiger partial charge in [-0.15, -0.1) is 0 Å². The lowest BCUT2D eigenvalue weighted by Crippen LogP contribution is -2.47. The van der Waals surface area contributed by atoms with Crippen LogP contribution >= 0.6 is 0 Å². The van der Waals surface area contributed by atoms with Gasteiger partial charge in [-0.2, -0.15) is 0 Å². The summed E-state index contributed by atoms with van der Waals surface area (Å²) in [6, 6.07) is 4.13. The number of likely N-dealkylation sites (tertiary alicyclic amines) is 1. The minimum atomic E-state index is 0.0823. The second-order valence-corrected chi connectivity index (χ2v) is 5.64. The molecule has 1 aliphatic heterocycles. The number of aryl methyl sites for hydroxylation is 1. The number of carbonyl (C=O) groups excluding carboxylic acids is 1. The summed E-state index contributed by atoms with van der Waals surface area (Å²) in [6.07, 6.45) is 5.70. The van der Waals surface area contributed by atoms with Crippen molar-refractivity contribution in [2.24, 2.45) is 5.92 Å². The summed E-state index contributed by atoms with van der Waals surface area (Å²) in [5, 5.41) is 3.07. The monoisotopic (exact) mass is 264 g/mol. The molecule has 1 aromatic heterocycles. The van der Waals surface area contributed by atoms with Gasteiger partial charge in [0.25, 0.3) is 0 Å². The van der Waals surface area contributed by atoms with E-state index in [1.54, 1.807) is 6.26 Å². The summed E-state index contributed by atoms with van der Waals surface area (Å²) in [5.74, 6) is 1.73. The lowest BCUT2D eigenvalue weighted by atomic mass is 10.00. The number of amides is 2. The van der Waals surface area contributed by atoms with Crippen molar-refractivity contribution in [3.63, 3.8) is 0 Å². The lowest BCUT2D eigenvalue weighted by Gasteiger charge is -2.31. The van der Waals surface area contributed by atoms with Gasteiger partial charge in [-0.3, -0.25) is 0 Å². The molecule has 1 atom stereocenters. The molecule has 1 saturated heterocycles. The van der Waals surface area contributed by atoms with Crippen LogP contribution in [0.1, 0.15) is 38.9 Å². The molecule has 0 bridgehead atoms. The maximum absolute atomic E-state index is 12.1. The third kappa shape index (κ3) is 4.30. The van der Waals surface area contributed by atoms with E-state index in [2.05, 4.69) is 12.2 Å². The van der Waals surface area contributed by atoms with E-state index in [0.29, 0.717) is 0 Å². The van der Waals surface area contributed by atoms with Crippen molar-refractivity contribution in [3.05, 3.63) is 24.2 Å². The first-order chi connectivity index (χ1) is 9.15. The van der Waals surface area contributed by atoms with Gasteiger partial charge in [0.05, 0.1) is 6.26 Å². The minimum absolute atomic E-state index is 0.0823. The zero-order chi connectivity index (χ0) is 13.7. The number of rotatable bonds is 4. The standard InChI is InChI=1S/C15H24N2O2/c1-12-7-9-17(10-8-12)15(18)16-13(2)5-6-14-4-3-11-19-14/h3-4,11-13H,5-10H2,1-2H3,(H,16,18). The van der Waals surface area contributed by atoms with Crippen LogP contribution in [0.2, 0.25) is 0 Å². The number of nitrogens with one attached hydrogen (secondary N) is 1. The Balaban J connectivity index is 1.69. The van der Waals surface area contributed by atoms with Gasteiger partial charge in [-0.1, -0.05) is 6.92 Å². The largest absolute Gasteiger partial charge is 0.469 e. The molecule has 0 aliphatic carbocycles. The van der Waals surface area contributed by atoms with E-state index in [1.807, 2.05) is 24.0 Å². The first-order valence-electron chi connectivity index (χ1n) is 7.23. The molecule has 4 heteroatoms. The van der Waals surface area contributed by atoms with Crippen LogP contribution in [0.25, 0.3) is 0 Å². The van der Waals surface area contributed by atoms with E-state index >= 15 is 0 Å². The molecule has 106 valence electrons. The molecular weight excluding hydrogens is 240 g/mol. The van der Waals surface area contributed by atoms with Crippen LogP contribution in [0.4, 0.5) is 4.79 Å². The third-order valence-electron chi connectivity index (χ3n) is 3.84. The molecule has 1 aromatic rings. The van der Waals surface area contributed by atoms with Gasteiger partial charge in [-0.25, -0.2) is 4.79 Å². The molecule has 0 radical (unpaired) electrons. The summed E-state index contributed by atoms with van der Waals surface area (Å²) in [7, 11) is 0. The highest BCUT2D eigenvalue weighted by molar-refractivity contribution is 5.74. The molecule has 0 saturated carbocycles. The van der Waals surface area contributed by atoms with Crippen LogP contribution in [0.5, 0.6) is 0 Å². The molecule has 1 fully saturated rings. The van der Waals surface area contributed by atoms with E-state index < -0.39 is 0 Å². The predicted molar refractivity (Wildman–Crippen MR) is 75.0 cm³/mol. The molecule has 1 aliphatic rings. The maximum atomic E-state index is 12.1. The van der Waals surface area contributed by atoms with Gasteiger partial charge in [0, 0.05) is 25.6 Å². The van der Waals surface area contributed by atoms with Crippen molar-refractivity contribution in [1.82, 2.24) is 10.2 Å². The highest BCUT2D eigenvalue weighted by Crippen LogP contribution is 2.16. The number of piperidine rings is 1. The minimum Gasteiger partial charge on any atom is -0.469 e. The molecular formula is C15H24N2O2. The smallest absolute Gasteiger partial charge is 0.317 e. The van der Waals surface area contributed by atoms with Crippen LogP contribution in [0, 0.1) is 5.92 Å². The Morgan fingerprint density at radius 2 is 2.26 bits per heavy atom. The molecule has 2 amide bonds. The zero-order valence-corrected chi connectivity index (χ0v) is 11.9. The predicted octanol–water partition coefficient (Wildman–Crippen LogP) is 3.04. The molecule has 2 heterocycles. The highest BCUT2D eigenvalue weighted by atomic mass is 16.3. The van der Waals surface area contributed by atoms with E-state index in [1.165, 1.54) is 0 Å². The Morgan fingerprint density at radius 1 is 1.53 bits per heavy atom. The van der Waals surface area contributed by atoms with E-state index in [-0.39, 0.29) is 12.1 Å². The Morgan fingerprint density at radius 3 is 2.89 bits per heavy atom. The van der Waals surface area contributed by atoms with Crippen LogP contribution in [0.3, 0.4) is 0 Å². The fourth-order valence-corrected chi connectivity index (χ4v) is 2.40. The van der Waals surface area contributed by atoms with E-state index in [4.69, 9.17) is 4.42 Å². The van der Waals surface area contributed by atoms with Gasteiger partial charge >= 0.3 is 6.03 Å². The summed E-state index contributed by atoms with van der Waals surface area (Å²) in [4.78, 5) is 14.0. The highest BCUT2D eigenvalue weighted by Gasteiger charge is 2.21. The van der Waals surface area contributed by atoms with Crippen molar-refractivity contribution in [2.75, 3.05) is 13.1 Å². The summed E-state index contributed by atoms with van der Waals surface area (Å²) < 4.78 is 5.29. The van der Waals surface area contributed by atoms with Crippen LogP contribution in [0.15, 0.2) is 22.8 Å². The van der Waals surface area contributed by atoms with Crippen LogP contribution in [-0.4, -0.2) is 30.1 Å². The average molecular weight is 264 g/mol. The second kappa shape index (κ2) is 6.64. The van der Waals surface area contributed by atoms with Crippen molar-refractivity contribution < 1.29 is 9.21 Å². The third-order valence-corrected chi connectivity index (χ3v) is 3.84. The van der Waals surface area contributed by atoms with Crippen molar-refractivity contribution >= 4 is 6.03 Å². The number of furan rings is 1. The number of hydrogen-bond donors (Lipinski definition) is 1. The van der Waals surface area contributed by atoms with Crippen molar-refractivity contribution in [1.29, 1.82) is 0 Å². The first-order valence-corrected chi connectivity index (χ1v) is 7.23. The van der Waals surface area contributed by atoms with Gasteiger partial charge < -0.3 is 14.6 Å². The molecule has 4 nitrogen and oxygen atoms in total. The van der Waals surface area contributed by atoms with E-state index in [9.17, 15) is 4.79 Å². The fraction of sp³-hybridized carbons (Fsp3) is 0.667. The second-order valence-electron chi connectivity index (χ2n) is 5.64. The maximum Gasteiger partial charge on any atom is 0.317 e. The normalized spacial score (nSPS) is 18.3. The van der Waals surface area contributed by atoms with Gasteiger partial charge in [0.1, 0.15) is 5.76 Å². The number of urea groups is 1. The zero-order valence-electron chi connectivity index (χ0n) is 11.9. The van der Waals surface area contributed by atoms with E-state index in [0.717, 1.165) is 50.5 Å². The fourth-order valence-electron chi connectivity index (χ4n) is 2.40. The quantitative estimate of drug-likeness (QED) is 0.908. The van der Waals surface area contributed by atoms with Gasteiger partial charge in [0.2, 0.25) is 0 Å². The molecule has 0 aromatic carbocycles. The number of carbonyl (C=O) groups is 1. The molecule has 19 heavy (non-hydrogen) atoms. The molecule has 1 N–H and O–H groups in total. The molecule has 1 unspecified atom stereocenters. The van der Waals surface area contributed by atoms with Crippen molar-refractivity contribution in [3.8, 4) is 0 Å². The summed E-state index contributed by atoms with van der Waals surface area (Å²) in [6.45, 7) is 6.07. The molecule has 0 spiro atoms. The van der Waals surface area contributed by atoms with Gasteiger partial charge in [0.15, 0.2) is 0 Å². The Kier molecular flexibility index (Phi) is 4.88. The van der Waals surface area contributed by atoms with Gasteiger partial charge in [-0.05, 0) is 44.2 Å². The van der Waals surface area contributed by atoms with Crippen LogP contribution in [-0.2, 0) is 6.42 Å². The Labute approximate surface area is 115 Å². The number of hydrogen-bond acceptors (Lipinski definition) is 2. The molecule has 2 rings (SSSR count). The first kappa shape index (κ1) is 14.0. The average Bonchev–Trinajstić information content (AvgIpc) is 2.90. The lowest BCUT2D eigenvalue weighted by molar-refractivity contribution is 0.170. The summed E-state index contributed by atoms with van der Waals surface area (Å²) in [5.41, 5.74) is 0. The Hall–Kier alpha value is -1.45. The topological polar surface area (TPSA) is 45.5 Å². The SMILES string of the molecule is CC1CCN(C(=O)NC(C)CCc2ccco2)CC1. The summed E-state index contributed by atoms with van der Waals surface area (Å²) >= 11 is 0.